The van der Waals surface area contributed by atoms with Crippen LogP contribution in [-0.4, -0.2) is 35.7 Å². The number of anilines is 1. The van der Waals surface area contributed by atoms with E-state index in [1.807, 2.05) is 6.07 Å². The Morgan fingerprint density at radius 1 is 1.22 bits per heavy atom. The van der Waals surface area contributed by atoms with E-state index < -0.39 is 11.7 Å². The number of hydrogen-bond acceptors (Lipinski definition) is 5. The summed E-state index contributed by atoms with van der Waals surface area (Å²) in [7, 11) is 0. The summed E-state index contributed by atoms with van der Waals surface area (Å²) < 4.78 is 11.0. The van der Waals surface area contributed by atoms with Gasteiger partial charge in [0.05, 0.1) is 6.61 Å². The largest absolute Gasteiger partial charge is 0.489 e. The minimum Gasteiger partial charge on any atom is -0.489 e. The van der Waals surface area contributed by atoms with Gasteiger partial charge in [-0.3, -0.25) is 4.79 Å². The van der Waals surface area contributed by atoms with Gasteiger partial charge < -0.3 is 20.1 Å². The Balaban J connectivity index is 1.77. The fourth-order valence-corrected chi connectivity index (χ4v) is 2.95. The van der Waals surface area contributed by atoms with Crippen molar-refractivity contribution in [1.82, 2.24) is 10.3 Å². The van der Waals surface area contributed by atoms with Crippen molar-refractivity contribution in [2.24, 2.45) is 5.92 Å². The number of carbonyl (C=O) groups is 2. The predicted molar refractivity (Wildman–Crippen MR) is 104 cm³/mol. The van der Waals surface area contributed by atoms with E-state index in [1.165, 1.54) is 32.1 Å². The van der Waals surface area contributed by atoms with E-state index in [1.54, 1.807) is 33.0 Å². The Morgan fingerprint density at radius 2 is 1.96 bits per heavy atom. The number of amides is 2. The molecule has 1 aromatic heterocycles. The van der Waals surface area contributed by atoms with Crippen molar-refractivity contribution in [2.45, 2.75) is 64.9 Å². The van der Waals surface area contributed by atoms with Gasteiger partial charge in [0, 0.05) is 19.2 Å². The lowest BCUT2D eigenvalue weighted by Gasteiger charge is -2.22. The highest BCUT2D eigenvalue weighted by Gasteiger charge is 2.17. The fourth-order valence-electron chi connectivity index (χ4n) is 2.95. The van der Waals surface area contributed by atoms with Crippen LogP contribution >= 0.6 is 0 Å². The molecule has 150 valence electrons. The van der Waals surface area contributed by atoms with Crippen LogP contribution in [0.3, 0.4) is 0 Å². The van der Waals surface area contributed by atoms with E-state index in [-0.39, 0.29) is 18.9 Å². The van der Waals surface area contributed by atoms with Crippen molar-refractivity contribution in [2.75, 3.05) is 18.5 Å². The Morgan fingerprint density at radius 3 is 2.67 bits per heavy atom. The highest BCUT2D eigenvalue weighted by molar-refractivity contribution is 5.91. The predicted octanol–water partition coefficient (Wildman–Crippen LogP) is 3.89. The molecule has 0 saturated heterocycles. The zero-order valence-electron chi connectivity index (χ0n) is 16.5. The maximum atomic E-state index is 12.1. The normalized spacial score (nSPS) is 15.1. The summed E-state index contributed by atoms with van der Waals surface area (Å²) in [6.07, 6.45) is 7.41. The van der Waals surface area contributed by atoms with Crippen LogP contribution in [0, 0.1) is 5.92 Å². The summed E-state index contributed by atoms with van der Waals surface area (Å²) in [4.78, 5) is 27.9. The van der Waals surface area contributed by atoms with E-state index in [9.17, 15) is 9.59 Å². The molecular weight excluding hydrogens is 346 g/mol. The molecule has 7 heteroatoms. The molecule has 1 heterocycles. The molecule has 1 aliphatic carbocycles. The summed E-state index contributed by atoms with van der Waals surface area (Å²) in [5.41, 5.74) is -0.565. The first kappa shape index (κ1) is 21.0. The van der Waals surface area contributed by atoms with Gasteiger partial charge in [0.15, 0.2) is 11.6 Å². The molecule has 0 bridgehead atoms. The highest BCUT2D eigenvalue weighted by Crippen LogP contribution is 2.27. The third-order valence-electron chi connectivity index (χ3n) is 4.25. The first-order valence-corrected chi connectivity index (χ1v) is 9.68. The molecule has 2 rings (SSSR count). The average Bonchev–Trinajstić information content (AvgIpc) is 2.60. The lowest BCUT2D eigenvalue weighted by atomic mass is 9.90. The Hall–Kier alpha value is -2.31. The number of ether oxygens (including phenoxy) is 2. The van der Waals surface area contributed by atoms with Crippen LogP contribution in [0.25, 0.3) is 0 Å². The molecule has 7 nitrogen and oxygen atoms in total. The van der Waals surface area contributed by atoms with Gasteiger partial charge in [0.1, 0.15) is 5.60 Å². The molecule has 0 atom stereocenters. The van der Waals surface area contributed by atoms with Crippen LogP contribution in [0.4, 0.5) is 10.6 Å². The first-order valence-electron chi connectivity index (χ1n) is 9.68. The molecule has 0 spiro atoms. The summed E-state index contributed by atoms with van der Waals surface area (Å²) in [6, 6.07) is 3.60. The molecular formula is C20H31N3O4. The van der Waals surface area contributed by atoms with Crippen LogP contribution in [0.5, 0.6) is 5.75 Å². The molecule has 1 aromatic rings. The number of alkyl carbamates (subject to hydrolysis) is 1. The molecule has 2 amide bonds. The van der Waals surface area contributed by atoms with Crippen molar-refractivity contribution in [3.05, 3.63) is 18.3 Å². The van der Waals surface area contributed by atoms with Gasteiger partial charge in [-0.2, -0.15) is 0 Å². The van der Waals surface area contributed by atoms with Crippen molar-refractivity contribution < 1.29 is 19.1 Å². The minimum atomic E-state index is -0.565. The zero-order chi connectivity index (χ0) is 19.7. The molecule has 1 fully saturated rings. The number of nitrogens with zero attached hydrogens (tertiary/aromatic N) is 1. The summed E-state index contributed by atoms with van der Waals surface area (Å²) in [5, 5.41) is 5.32. The van der Waals surface area contributed by atoms with Gasteiger partial charge in [-0.05, 0) is 51.7 Å². The van der Waals surface area contributed by atoms with Crippen LogP contribution in [0.2, 0.25) is 0 Å². The summed E-state index contributed by atoms with van der Waals surface area (Å²) in [5.74, 6) is 1.32. The minimum absolute atomic E-state index is 0.123. The quantitative estimate of drug-likeness (QED) is 0.752. The average molecular weight is 377 g/mol. The van der Waals surface area contributed by atoms with E-state index in [0.717, 1.165) is 0 Å². The Labute approximate surface area is 161 Å². The third-order valence-corrected chi connectivity index (χ3v) is 4.25. The number of pyridine rings is 1. The van der Waals surface area contributed by atoms with Crippen LogP contribution in [-0.2, 0) is 9.53 Å². The maximum Gasteiger partial charge on any atom is 0.407 e. The number of nitrogens with one attached hydrogen (secondary N) is 2. The number of hydrogen-bond donors (Lipinski definition) is 2. The lowest BCUT2D eigenvalue weighted by molar-refractivity contribution is -0.116. The van der Waals surface area contributed by atoms with Gasteiger partial charge in [-0.25, -0.2) is 9.78 Å². The second-order valence-corrected chi connectivity index (χ2v) is 7.89. The molecule has 27 heavy (non-hydrogen) atoms. The van der Waals surface area contributed by atoms with Gasteiger partial charge in [-0.15, -0.1) is 0 Å². The molecule has 0 aromatic carbocycles. The van der Waals surface area contributed by atoms with Gasteiger partial charge in [0.25, 0.3) is 0 Å². The molecule has 0 unspecified atom stereocenters. The summed E-state index contributed by atoms with van der Waals surface area (Å²) in [6.45, 7) is 6.19. The van der Waals surface area contributed by atoms with Crippen molar-refractivity contribution >= 4 is 17.8 Å². The van der Waals surface area contributed by atoms with E-state index >= 15 is 0 Å². The fraction of sp³-hybridized carbons (Fsp3) is 0.650. The molecule has 1 saturated carbocycles. The van der Waals surface area contributed by atoms with E-state index in [2.05, 4.69) is 15.6 Å². The standard InChI is InChI=1S/C20H31N3O4/c1-20(2,3)27-19(25)22-13-11-17(24)23-18-16(10-7-12-21-18)26-14-15-8-5-4-6-9-15/h7,10,12,15H,4-6,8-9,11,13-14H2,1-3H3,(H,22,25)(H,21,23,24). The van der Waals surface area contributed by atoms with E-state index in [0.29, 0.717) is 24.1 Å². The summed E-state index contributed by atoms with van der Waals surface area (Å²) >= 11 is 0. The Kier molecular flexibility index (Phi) is 7.88. The second kappa shape index (κ2) is 10.1. The van der Waals surface area contributed by atoms with Crippen LogP contribution < -0.4 is 15.4 Å². The SMILES string of the molecule is CC(C)(C)OC(=O)NCCC(=O)Nc1ncccc1OCC1CCCCC1. The van der Waals surface area contributed by atoms with Crippen molar-refractivity contribution in [3.8, 4) is 5.75 Å². The number of aromatic nitrogens is 1. The van der Waals surface area contributed by atoms with Crippen molar-refractivity contribution in [1.29, 1.82) is 0 Å². The number of carbonyl (C=O) groups excluding carboxylic acids is 2. The zero-order valence-corrected chi connectivity index (χ0v) is 16.5. The highest BCUT2D eigenvalue weighted by atomic mass is 16.6. The van der Waals surface area contributed by atoms with E-state index in [4.69, 9.17) is 9.47 Å². The second-order valence-electron chi connectivity index (χ2n) is 7.89. The van der Waals surface area contributed by atoms with Gasteiger partial charge in [0.2, 0.25) is 5.91 Å². The third kappa shape index (κ3) is 8.28. The Bertz CT molecular complexity index is 622. The molecule has 0 aliphatic heterocycles. The topological polar surface area (TPSA) is 89.5 Å². The number of rotatable bonds is 7. The maximum absolute atomic E-state index is 12.1. The van der Waals surface area contributed by atoms with Gasteiger partial charge >= 0.3 is 6.09 Å². The smallest absolute Gasteiger partial charge is 0.407 e. The monoisotopic (exact) mass is 377 g/mol. The first-order chi connectivity index (χ1) is 12.8. The molecule has 2 N–H and O–H groups in total. The van der Waals surface area contributed by atoms with Crippen LogP contribution in [0.1, 0.15) is 59.3 Å². The lowest BCUT2D eigenvalue weighted by Crippen LogP contribution is -2.34. The van der Waals surface area contributed by atoms with Crippen molar-refractivity contribution in [3.63, 3.8) is 0 Å². The molecule has 0 radical (unpaired) electrons. The molecule has 1 aliphatic rings. The van der Waals surface area contributed by atoms with Gasteiger partial charge in [-0.1, -0.05) is 19.3 Å². The van der Waals surface area contributed by atoms with Crippen LogP contribution in [0.15, 0.2) is 18.3 Å².